The number of imidazole rings is 1. The minimum atomic E-state index is -0.549. The second kappa shape index (κ2) is 12.0. The summed E-state index contributed by atoms with van der Waals surface area (Å²) >= 11 is 0. The van der Waals surface area contributed by atoms with Gasteiger partial charge in [0.25, 0.3) is 0 Å². The molecule has 0 saturated carbocycles. The number of aromatic nitrogens is 2. The molecule has 200 valence electrons. The third-order valence-corrected chi connectivity index (χ3v) is 7.83. The molecule has 3 heterocycles. The van der Waals surface area contributed by atoms with Crippen molar-refractivity contribution in [3.63, 3.8) is 0 Å². The number of Topliss-reactive ketones (excluding diaryl/α,β-unsaturated/α-hetero) is 1. The first-order valence-corrected chi connectivity index (χ1v) is 13.9. The number of H-pyrrole nitrogens is 1. The number of carbonyl (C=O) groups is 2. The molecule has 0 radical (unpaired) electrons. The van der Waals surface area contributed by atoms with Gasteiger partial charge in [-0.05, 0) is 62.4 Å². The van der Waals surface area contributed by atoms with E-state index in [0.29, 0.717) is 12.8 Å². The van der Waals surface area contributed by atoms with Crippen LogP contribution in [0.3, 0.4) is 0 Å². The summed E-state index contributed by atoms with van der Waals surface area (Å²) in [5.41, 5.74) is 3.98. The molecule has 7 heteroatoms. The Labute approximate surface area is 224 Å². The van der Waals surface area contributed by atoms with Gasteiger partial charge in [0.15, 0.2) is 0 Å². The fourth-order valence-electron chi connectivity index (χ4n) is 5.80. The summed E-state index contributed by atoms with van der Waals surface area (Å²) in [6.07, 6.45) is 7.58. The number of fused-ring (bicyclic) bond motifs is 2. The van der Waals surface area contributed by atoms with E-state index in [-0.39, 0.29) is 17.7 Å². The van der Waals surface area contributed by atoms with Crippen molar-refractivity contribution in [2.45, 2.75) is 76.0 Å². The molecule has 2 aliphatic rings. The monoisotopic (exact) mass is 514 g/mol. The summed E-state index contributed by atoms with van der Waals surface area (Å²) in [6, 6.07) is 18.2. The third-order valence-electron chi connectivity index (χ3n) is 7.83. The summed E-state index contributed by atoms with van der Waals surface area (Å²) in [4.78, 5) is 33.2. The first kappa shape index (κ1) is 26.3. The standard InChI is InChI=1S/C31H38N4O3/c1-22(36)10-4-2-7-15-26(29-33-21-27(34-29)23-11-5-3-6-12-23)35-30(37)28-20-24-13-8-9-14-25(24)31(38-28)16-18-32-19-17-31/h3,5-6,8-9,11-14,21,26,28,32H,2,4,7,10,15-20H2,1H3,(H,33,34)(H,35,37)/t26-,28?/m0/s1. The number of piperidine rings is 1. The quantitative estimate of drug-likeness (QED) is 0.331. The highest BCUT2D eigenvalue weighted by Gasteiger charge is 2.44. The molecule has 2 atom stereocenters. The SMILES string of the molecule is CC(=O)CCCCC[C@H](NC(=O)C1Cc2ccccc2C2(CCNCC2)O1)c1ncc(-c2ccccc2)[nH]1. The Balaban J connectivity index is 1.33. The number of amides is 1. The van der Waals surface area contributed by atoms with Crippen LogP contribution < -0.4 is 10.6 Å². The predicted octanol–water partition coefficient (Wildman–Crippen LogP) is 4.99. The van der Waals surface area contributed by atoms with Gasteiger partial charge in [0, 0.05) is 12.8 Å². The molecule has 1 amide bonds. The maximum Gasteiger partial charge on any atom is 0.250 e. The topological polar surface area (TPSA) is 96.1 Å². The number of unbranched alkanes of at least 4 members (excludes halogenated alkanes) is 2. The summed E-state index contributed by atoms with van der Waals surface area (Å²) in [5.74, 6) is 0.871. The number of nitrogens with zero attached hydrogens (tertiary/aromatic N) is 1. The fraction of sp³-hybridized carbons (Fsp3) is 0.452. The van der Waals surface area contributed by atoms with Crippen LogP contribution in [0.15, 0.2) is 60.8 Å². The van der Waals surface area contributed by atoms with Crippen molar-refractivity contribution in [2.24, 2.45) is 0 Å². The van der Waals surface area contributed by atoms with E-state index in [1.165, 1.54) is 11.1 Å². The number of carbonyl (C=O) groups excluding carboxylic acids is 2. The second-order valence-electron chi connectivity index (χ2n) is 10.6. The molecular weight excluding hydrogens is 476 g/mol. The lowest BCUT2D eigenvalue weighted by Crippen LogP contribution is -2.52. The molecule has 7 nitrogen and oxygen atoms in total. The minimum Gasteiger partial charge on any atom is -0.357 e. The van der Waals surface area contributed by atoms with Crippen LogP contribution in [-0.2, 0) is 26.3 Å². The highest BCUT2D eigenvalue weighted by atomic mass is 16.5. The van der Waals surface area contributed by atoms with Crippen LogP contribution in [0.25, 0.3) is 11.3 Å². The molecule has 5 rings (SSSR count). The number of benzene rings is 2. The molecule has 2 aliphatic heterocycles. The molecular formula is C31H38N4O3. The largest absolute Gasteiger partial charge is 0.357 e. The Morgan fingerprint density at radius 3 is 2.61 bits per heavy atom. The minimum absolute atomic E-state index is 0.0937. The average molecular weight is 515 g/mol. The van der Waals surface area contributed by atoms with Gasteiger partial charge in [0.2, 0.25) is 5.91 Å². The summed E-state index contributed by atoms with van der Waals surface area (Å²) < 4.78 is 6.66. The molecule has 3 N–H and O–H groups in total. The van der Waals surface area contributed by atoms with Crippen molar-refractivity contribution in [1.82, 2.24) is 20.6 Å². The van der Waals surface area contributed by atoms with Crippen LogP contribution in [0.1, 0.15) is 74.9 Å². The van der Waals surface area contributed by atoms with Crippen molar-refractivity contribution >= 4 is 11.7 Å². The van der Waals surface area contributed by atoms with E-state index in [9.17, 15) is 9.59 Å². The molecule has 1 spiro atoms. The predicted molar refractivity (Wildman–Crippen MR) is 147 cm³/mol. The van der Waals surface area contributed by atoms with E-state index in [4.69, 9.17) is 4.74 Å². The molecule has 3 aromatic rings. The maximum atomic E-state index is 13.7. The van der Waals surface area contributed by atoms with E-state index >= 15 is 0 Å². The first-order chi connectivity index (χ1) is 18.5. The highest BCUT2D eigenvalue weighted by Crippen LogP contribution is 2.42. The van der Waals surface area contributed by atoms with E-state index in [0.717, 1.165) is 68.7 Å². The molecule has 1 saturated heterocycles. The lowest BCUT2D eigenvalue weighted by molar-refractivity contribution is -0.159. The van der Waals surface area contributed by atoms with Gasteiger partial charge in [0.05, 0.1) is 23.5 Å². The first-order valence-electron chi connectivity index (χ1n) is 13.9. The van der Waals surface area contributed by atoms with Crippen LogP contribution in [0.5, 0.6) is 0 Å². The smallest absolute Gasteiger partial charge is 0.250 e. The molecule has 1 aromatic heterocycles. The van der Waals surface area contributed by atoms with Gasteiger partial charge in [-0.15, -0.1) is 0 Å². The van der Waals surface area contributed by atoms with Gasteiger partial charge in [0.1, 0.15) is 17.7 Å². The third kappa shape index (κ3) is 6.05. The van der Waals surface area contributed by atoms with Gasteiger partial charge in [-0.3, -0.25) is 4.79 Å². The average Bonchev–Trinajstić information content (AvgIpc) is 3.43. The van der Waals surface area contributed by atoms with Crippen molar-refractivity contribution in [3.05, 3.63) is 77.7 Å². The normalized spacial score (nSPS) is 19.0. The second-order valence-corrected chi connectivity index (χ2v) is 10.6. The summed E-state index contributed by atoms with van der Waals surface area (Å²) in [5, 5.41) is 6.71. The van der Waals surface area contributed by atoms with Crippen LogP contribution in [0.2, 0.25) is 0 Å². The van der Waals surface area contributed by atoms with Crippen molar-refractivity contribution in [3.8, 4) is 11.3 Å². The van der Waals surface area contributed by atoms with Gasteiger partial charge < -0.3 is 25.1 Å². The molecule has 2 aromatic carbocycles. The van der Waals surface area contributed by atoms with Crippen LogP contribution in [0.4, 0.5) is 0 Å². The van der Waals surface area contributed by atoms with Crippen LogP contribution in [0, 0.1) is 0 Å². The molecule has 0 aliphatic carbocycles. The van der Waals surface area contributed by atoms with Gasteiger partial charge in [-0.2, -0.15) is 0 Å². The summed E-state index contributed by atoms with van der Waals surface area (Å²) in [7, 11) is 0. The number of ketones is 1. The number of ether oxygens (including phenoxy) is 1. The number of nitrogens with one attached hydrogen (secondary N) is 3. The maximum absolute atomic E-state index is 13.7. The van der Waals surface area contributed by atoms with E-state index in [1.807, 2.05) is 42.6 Å². The zero-order valence-electron chi connectivity index (χ0n) is 22.2. The molecule has 38 heavy (non-hydrogen) atoms. The van der Waals surface area contributed by atoms with Crippen LogP contribution in [-0.4, -0.2) is 40.9 Å². The van der Waals surface area contributed by atoms with E-state index in [1.54, 1.807) is 6.92 Å². The Morgan fingerprint density at radius 1 is 1.05 bits per heavy atom. The van der Waals surface area contributed by atoms with Crippen LogP contribution >= 0.6 is 0 Å². The molecule has 1 fully saturated rings. The van der Waals surface area contributed by atoms with Crippen molar-refractivity contribution in [1.29, 1.82) is 0 Å². The van der Waals surface area contributed by atoms with Gasteiger partial charge in [-0.1, -0.05) is 67.4 Å². The van der Waals surface area contributed by atoms with E-state index < -0.39 is 11.7 Å². The van der Waals surface area contributed by atoms with E-state index in [2.05, 4.69) is 38.8 Å². The molecule has 1 unspecified atom stereocenters. The van der Waals surface area contributed by atoms with Crippen molar-refractivity contribution in [2.75, 3.05) is 13.1 Å². The van der Waals surface area contributed by atoms with Gasteiger partial charge in [-0.25, -0.2) is 4.98 Å². The zero-order valence-corrected chi connectivity index (χ0v) is 22.2. The highest BCUT2D eigenvalue weighted by molar-refractivity contribution is 5.82. The van der Waals surface area contributed by atoms with Crippen molar-refractivity contribution < 1.29 is 14.3 Å². The van der Waals surface area contributed by atoms with Gasteiger partial charge >= 0.3 is 0 Å². The fourth-order valence-corrected chi connectivity index (χ4v) is 5.80. The summed E-state index contributed by atoms with van der Waals surface area (Å²) in [6.45, 7) is 3.38. The number of aromatic amines is 1. The lowest BCUT2D eigenvalue weighted by atomic mass is 9.78. The zero-order chi connectivity index (χ0) is 26.4. The lowest BCUT2D eigenvalue weighted by Gasteiger charge is -2.45. The molecule has 0 bridgehead atoms. The number of hydrogen-bond donors (Lipinski definition) is 3. The number of rotatable bonds is 10. The Kier molecular flexibility index (Phi) is 8.35. The Bertz CT molecular complexity index is 1230. The Morgan fingerprint density at radius 2 is 1.82 bits per heavy atom. The number of hydrogen-bond acceptors (Lipinski definition) is 5. The Hall–Kier alpha value is -3.29.